The second-order valence-corrected chi connectivity index (χ2v) is 9.49. The maximum absolute atomic E-state index is 13.2. The third-order valence-corrected chi connectivity index (χ3v) is 7.28. The molecule has 36 heavy (non-hydrogen) atoms. The number of rotatable bonds is 6. The van der Waals surface area contributed by atoms with E-state index < -0.39 is 0 Å². The van der Waals surface area contributed by atoms with Gasteiger partial charge in [-0.2, -0.15) is 0 Å². The van der Waals surface area contributed by atoms with Gasteiger partial charge in [0.2, 0.25) is 0 Å². The van der Waals surface area contributed by atoms with Crippen LogP contribution in [-0.2, 0) is 6.54 Å². The lowest BCUT2D eigenvalue weighted by Crippen LogP contribution is -2.50. The van der Waals surface area contributed by atoms with Gasteiger partial charge in [-0.05, 0) is 43.3 Å². The van der Waals surface area contributed by atoms with Crippen molar-refractivity contribution >= 4 is 11.6 Å². The molecule has 0 radical (unpaired) electrons. The van der Waals surface area contributed by atoms with Gasteiger partial charge in [0.25, 0.3) is 5.91 Å². The summed E-state index contributed by atoms with van der Waals surface area (Å²) in [6.45, 7) is 5.64. The van der Waals surface area contributed by atoms with Crippen LogP contribution in [0.3, 0.4) is 0 Å². The van der Waals surface area contributed by atoms with E-state index in [9.17, 15) is 4.79 Å². The first-order valence-electron chi connectivity index (χ1n) is 12.8. The zero-order valence-electron chi connectivity index (χ0n) is 21.1. The number of likely N-dealkylation sites (tertiary alicyclic amines) is 1. The predicted octanol–water partition coefficient (Wildman–Crippen LogP) is 5.56. The third kappa shape index (κ3) is 4.99. The first-order chi connectivity index (χ1) is 17.6. The van der Waals surface area contributed by atoms with Gasteiger partial charge in [-0.15, -0.1) is 0 Å². The second kappa shape index (κ2) is 10.5. The molecule has 2 aliphatic rings. The molecule has 188 valence electrons. The molecule has 1 amide bonds. The number of hydrogen-bond donors (Lipinski definition) is 0. The molecule has 1 saturated heterocycles. The van der Waals surface area contributed by atoms with Crippen molar-refractivity contribution in [3.05, 3.63) is 83.9 Å². The summed E-state index contributed by atoms with van der Waals surface area (Å²) in [6, 6.07) is 23.9. The van der Waals surface area contributed by atoms with Crippen molar-refractivity contribution in [2.75, 3.05) is 38.3 Å². The molecule has 2 aliphatic heterocycles. The number of methoxy groups -OCH3 is 1. The minimum Gasteiger partial charge on any atom is -0.497 e. The Hall–Kier alpha value is -3.67. The average Bonchev–Trinajstić information content (AvgIpc) is 3.07. The molecule has 1 fully saturated rings. The van der Waals surface area contributed by atoms with Crippen molar-refractivity contribution in [1.29, 1.82) is 0 Å². The smallest absolute Gasteiger partial charge is 0.253 e. The average molecular weight is 487 g/mol. The van der Waals surface area contributed by atoms with Crippen LogP contribution in [0.15, 0.2) is 72.8 Å². The highest BCUT2D eigenvalue weighted by Crippen LogP contribution is 2.41. The van der Waals surface area contributed by atoms with Gasteiger partial charge in [0.1, 0.15) is 22.8 Å². The lowest BCUT2D eigenvalue weighted by atomic mass is 9.87. The Kier molecular flexibility index (Phi) is 7.03. The molecule has 5 rings (SSSR count). The van der Waals surface area contributed by atoms with Gasteiger partial charge in [0.05, 0.1) is 19.4 Å². The number of carbonyl (C=O) groups is 1. The molecule has 0 N–H and O–H groups in total. The van der Waals surface area contributed by atoms with Crippen LogP contribution in [-0.4, -0.2) is 49.8 Å². The number of anilines is 1. The maximum atomic E-state index is 13.2. The van der Waals surface area contributed by atoms with Gasteiger partial charge in [0.15, 0.2) is 0 Å². The van der Waals surface area contributed by atoms with Crippen molar-refractivity contribution < 1.29 is 19.0 Å². The second-order valence-electron chi connectivity index (χ2n) is 9.49. The number of benzene rings is 3. The van der Waals surface area contributed by atoms with Crippen molar-refractivity contribution in [3.63, 3.8) is 0 Å². The van der Waals surface area contributed by atoms with E-state index in [0.717, 1.165) is 49.5 Å². The van der Waals surface area contributed by atoms with E-state index in [2.05, 4.69) is 35.2 Å². The molecule has 0 bridgehead atoms. The Labute approximate surface area is 213 Å². The van der Waals surface area contributed by atoms with E-state index in [1.165, 1.54) is 5.56 Å². The van der Waals surface area contributed by atoms with Crippen LogP contribution < -0.4 is 19.1 Å². The third-order valence-electron chi connectivity index (χ3n) is 7.28. The molecule has 3 aromatic carbocycles. The number of amides is 1. The number of nitrogens with zero attached hydrogens (tertiary/aromatic N) is 2. The van der Waals surface area contributed by atoms with Crippen LogP contribution >= 0.6 is 0 Å². The highest BCUT2D eigenvalue weighted by Gasteiger charge is 2.40. The lowest BCUT2D eigenvalue weighted by molar-refractivity contribution is 0.00238. The van der Waals surface area contributed by atoms with Gasteiger partial charge >= 0.3 is 0 Å². The van der Waals surface area contributed by atoms with Crippen LogP contribution in [0.5, 0.6) is 17.2 Å². The van der Waals surface area contributed by atoms with Gasteiger partial charge in [-0.3, -0.25) is 4.79 Å². The Bertz CT molecular complexity index is 1200. The predicted molar refractivity (Wildman–Crippen MR) is 141 cm³/mol. The minimum atomic E-state index is -0.282. The lowest BCUT2D eigenvalue weighted by Gasteiger charge is -2.41. The van der Waals surface area contributed by atoms with E-state index in [1.807, 2.05) is 54.3 Å². The normalized spacial score (nSPS) is 16.6. The fourth-order valence-electron chi connectivity index (χ4n) is 5.26. The molecule has 0 aliphatic carbocycles. The van der Waals surface area contributed by atoms with Crippen molar-refractivity contribution in [2.45, 2.75) is 38.3 Å². The first kappa shape index (κ1) is 24.0. The van der Waals surface area contributed by atoms with Crippen molar-refractivity contribution in [1.82, 2.24) is 4.90 Å². The molecule has 0 unspecified atom stereocenters. The summed E-state index contributed by atoms with van der Waals surface area (Å²) in [5.41, 5.74) is 2.66. The maximum Gasteiger partial charge on any atom is 0.253 e. The molecule has 0 atom stereocenters. The molecule has 3 aromatic rings. The number of hydrogen-bond acceptors (Lipinski definition) is 5. The van der Waals surface area contributed by atoms with E-state index in [1.54, 1.807) is 7.11 Å². The zero-order chi connectivity index (χ0) is 25.0. The minimum absolute atomic E-state index is 0.0481. The zero-order valence-corrected chi connectivity index (χ0v) is 21.1. The Balaban J connectivity index is 1.32. The highest BCUT2D eigenvalue weighted by molar-refractivity contribution is 5.94. The molecular formula is C30H34N2O4. The van der Waals surface area contributed by atoms with E-state index in [4.69, 9.17) is 14.2 Å². The summed E-state index contributed by atoms with van der Waals surface area (Å²) in [6.07, 6.45) is 2.51. The van der Waals surface area contributed by atoms with Crippen LogP contribution in [0.25, 0.3) is 0 Å². The Morgan fingerprint density at radius 2 is 1.69 bits per heavy atom. The molecule has 6 nitrogen and oxygen atoms in total. The molecule has 0 aromatic heterocycles. The standard InChI is InChI=1S/C30H34N2O4/c1-3-35-27-13-6-4-9-24(27)22-32-20-17-30(36-28-14-7-5-12-26(28)32)15-18-31(19-16-30)29(33)23-10-8-11-25(21-23)34-2/h4-14,21H,3,15-20,22H2,1-2H3. The molecule has 6 heteroatoms. The van der Waals surface area contributed by atoms with E-state index >= 15 is 0 Å². The summed E-state index contributed by atoms with van der Waals surface area (Å²) in [5.74, 6) is 2.59. The van der Waals surface area contributed by atoms with Crippen molar-refractivity contribution in [2.24, 2.45) is 0 Å². The molecular weight excluding hydrogens is 452 g/mol. The molecule has 1 spiro atoms. The van der Waals surface area contributed by atoms with Crippen LogP contribution in [0.2, 0.25) is 0 Å². The number of carbonyl (C=O) groups excluding carboxylic acids is 1. The Morgan fingerprint density at radius 3 is 2.50 bits per heavy atom. The van der Waals surface area contributed by atoms with E-state index in [-0.39, 0.29) is 11.5 Å². The molecule has 0 saturated carbocycles. The van der Waals surface area contributed by atoms with Crippen molar-refractivity contribution in [3.8, 4) is 17.2 Å². The fourth-order valence-corrected chi connectivity index (χ4v) is 5.26. The first-order valence-corrected chi connectivity index (χ1v) is 12.8. The van der Waals surface area contributed by atoms with Gasteiger partial charge in [0, 0.05) is 56.6 Å². The topological polar surface area (TPSA) is 51.2 Å². The summed E-state index contributed by atoms with van der Waals surface area (Å²) >= 11 is 0. The monoisotopic (exact) mass is 486 g/mol. The number of fused-ring (bicyclic) bond motifs is 1. The molecule has 2 heterocycles. The summed E-state index contributed by atoms with van der Waals surface area (Å²) in [7, 11) is 1.62. The summed E-state index contributed by atoms with van der Waals surface area (Å²) < 4.78 is 18.0. The summed E-state index contributed by atoms with van der Waals surface area (Å²) in [4.78, 5) is 17.5. The quantitative estimate of drug-likeness (QED) is 0.457. The van der Waals surface area contributed by atoms with Gasteiger partial charge in [-0.1, -0.05) is 36.4 Å². The van der Waals surface area contributed by atoms with Crippen LogP contribution in [0, 0.1) is 0 Å². The van der Waals surface area contributed by atoms with E-state index in [0.29, 0.717) is 31.0 Å². The number of para-hydroxylation sites is 3. The van der Waals surface area contributed by atoms with Crippen LogP contribution in [0.4, 0.5) is 5.69 Å². The Morgan fingerprint density at radius 1 is 0.944 bits per heavy atom. The van der Waals surface area contributed by atoms with Crippen LogP contribution in [0.1, 0.15) is 42.1 Å². The fraction of sp³-hybridized carbons (Fsp3) is 0.367. The number of ether oxygens (including phenoxy) is 3. The SMILES string of the molecule is CCOc1ccccc1CN1CCC2(CCN(C(=O)c3cccc(OC)c3)CC2)Oc2ccccc21. The van der Waals surface area contributed by atoms with Gasteiger partial charge < -0.3 is 24.0 Å². The number of piperidine rings is 1. The van der Waals surface area contributed by atoms with Gasteiger partial charge in [-0.25, -0.2) is 0 Å². The highest BCUT2D eigenvalue weighted by atomic mass is 16.5. The largest absolute Gasteiger partial charge is 0.497 e. The summed E-state index contributed by atoms with van der Waals surface area (Å²) in [5, 5.41) is 0.